The molecule has 1 aliphatic rings. The molecule has 0 bridgehead atoms. The molecule has 104 valence electrons. The SMILES string of the molecule is O=C(O)c1ccc2cc([C@H]3C[C@@H]3c3ccccc3)oc2n1. The Hall–Kier alpha value is -2.62. The number of aromatic nitrogens is 1. The zero-order chi connectivity index (χ0) is 14.4. The van der Waals surface area contributed by atoms with E-state index in [1.807, 2.05) is 24.3 Å². The number of pyridine rings is 1. The van der Waals surface area contributed by atoms with Crippen LogP contribution in [0.1, 0.15) is 40.1 Å². The molecule has 1 aromatic carbocycles. The summed E-state index contributed by atoms with van der Waals surface area (Å²) in [5, 5.41) is 9.81. The van der Waals surface area contributed by atoms with Gasteiger partial charge in [0.1, 0.15) is 5.76 Å². The number of rotatable bonds is 3. The highest BCUT2D eigenvalue weighted by Gasteiger charge is 2.41. The Kier molecular flexibility index (Phi) is 2.57. The lowest BCUT2D eigenvalue weighted by molar-refractivity contribution is 0.0690. The average Bonchev–Trinajstić information content (AvgIpc) is 3.19. The van der Waals surface area contributed by atoms with Gasteiger partial charge in [-0.25, -0.2) is 9.78 Å². The van der Waals surface area contributed by atoms with Gasteiger partial charge in [-0.2, -0.15) is 0 Å². The van der Waals surface area contributed by atoms with E-state index >= 15 is 0 Å². The number of carboxylic acid groups (broad SMARTS) is 1. The van der Waals surface area contributed by atoms with Crippen LogP contribution >= 0.6 is 0 Å². The number of nitrogens with zero attached hydrogens (tertiary/aromatic N) is 1. The van der Waals surface area contributed by atoms with Crippen molar-refractivity contribution in [2.45, 2.75) is 18.3 Å². The van der Waals surface area contributed by atoms with Crippen LogP contribution in [-0.2, 0) is 0 Å². The predicted octanol–water partition coefficient (Wildman–Crippen LogP) is 3.80. The minimum atomic E-state index is -1.04. The molecular weight excluding hydrogens is 266 g/mol. The molecule has 1 N–H and O–H groups in total. The summed E-state index contributed by atoms with van der Waals surface area (Å²) in [4.78, 5) is 15.0. The van der Waals surface area contributed by atoms with E-state index in [0.717, 1.165) is 17.6 Å². The Morgan fingerprint density at radius 3 is 2.71 bits per heavy atom. The van der Waals surface area contributed by atoms with Gasteiger partial charge in [-0.1, -0.05) is 30.3 Å². The first-order valence-electron chi connectivity index (χ1n) is 6.91. The largest absolute Gasteiger partial charge is 0.477 e. The van der Waals surface area contributed by atoms with E-state index in [1.54, 1.807) is 6.07 Å². The molecule has 1 aliphatic carbocycles. The lowest BCUT2D eigenvalue weighted by Crippen LogP contribution is -1.98. The van der Waals surface area contributed by atoms with Gasteiger partial charge >= 0.3 is 5.97 Å². The molecule has 21 heavy (non-hydrogen) atoms. The first-order valence-corrected chi connectivity index (χ1v) is 6.91. The summed E-state index contributed by atoms with van der Waals surface area (Å²) in [5.74, 6) is 0.720. The summed E-state index contributed by atoms with van der Waals surface area (Å²) in [7, 11) is 0. The molecule has 3 aromatic rings. The van der Waals surface area contributed by atoms with Crippen molar-refractivity contribution in [1.82, 2.24) is 4.98 Å². The van der Waals surface area contributed by atoms with Gasteiger partial charge in [-0.05, 0) is 36.1 Å². The third-order valence-electron chi connectivity index (χ3n) is 4.00. The molecule has 4 heteroatoms. The van der Waals surface area contributed by atoms with E-state index in [1.165, 1.54) is 11.6 Å². The van der Waals surface area contributed by atoms with Crippen molar-refractivity contribution in [2.24, 2.45) is 0 Å². The molecule has 0 aliphatic heterocycles. The van der Waals surface area contributed by atoms with Crippen LogP contribution in [0.25, 0.3) is 11.1 Å². The molecule has 1 saturated carbocycles. The van der Waals surface area contributed by atoms with Crippen LogP contribution in [0.4, 0.5) is 0 Å². The second kappa shape index (κ2) is 4.45. The van der Waals surface area contributed by atoms with Crippen molar-refractivity contribution in [1.29, 1.82) is 0 Å². The Balaban J connectivity index is 1.65. The lowest BCUT2D eigenvalue weighted by Gasteiger charge is -1.97. The summed E-state index contributed by atoms with van der Waals surface area (Å²) in [6.45, 7) is 0. The van der Waals surface area contributed by atoms with Crippen LogP contribution in [0.5, 0.6) is 0 Å². The number of aromatic carboxylic acids is 1. The molecular formula is C17H13NO3. The normalized spacial score (nSPS) is 20.6. The maximum atomic E-state index is 10.9. The molecule has 0 radical (unpaired) electrons. The Morgan fingerprint density at radius 1 is 1.14 bits per heavy atom. The summed E-state index contributed by atoms with van der Waals surface area (Å²) < 4.78 is 5.76. The standard InChI is InChI=1S/C17H13NO3/c19-17(20)14-7-6-11-8-15(21-16(11)18-14)13-9-12(13)10-4-2-1-3-5-10/h1-8,12-13H,9H2,(H,19,20)/t12-,13+/m1/s1. The van der Waals surface area contributed by atoms with E-state index in [-0.39, 0.29) is 5.69 Å². The van der Waals surface area contributed by atoms with Crippen molar-refractivity contribution >= 4 is 17.1 Å². The third kappa shape index (κ3) is 2.09. The highest BCUT2D eigenvalue weighted by molar-refractivity contribution is 5.88. The number of carboxylic acids is 1. The van der Waals surface area contributed by atoms with Crippen LogP contribution in [0.3, 0.4) is 0 Å². The van der Waals surface area contributed by atoms with Crippen LogP contribution in [-0.4, -0.2) is 16.1 Å². The monoisotopic (exact) mass is 279 g/mol. The van der Waals surface area contributed by atoms with Crippen molar-refractivity contribution in [2.75, 3.05) is 0 Å². The lowest BCUT2D eigenvalue weighted by atomic mass is 10.1. The second-order valence-corrected chi connectivity index (χ2v) is 5.40. The molecule has 1 fully saturated rings. The summed E-state index contributed by atoms with van der Waals surface area (Å²) in [6.07, 6.45) is 1.07. The summed E-state index contributed by atoms with van der Waals surface area (Å²) >= 11 is 0. The van der Waals surface area contributed by atoms with Gasteiger partial charge in [0.05, 0.1) is 0 Å². The minimum Gasteiger partial charge on any atom is -0.477 e. The molecule has 4 rings (SSSR count). The summed E-state index contributed by atoms with van der Waals surface area (Å²) in [6, 6.07) is 15.6. The molecule has 2 atom stereocenters. The third-order valence-corrected chi connectivity index (χ3v) is 4.00. The molecule has 0 saturated heterocycles. The minimum absolute atomic E-state index is 0.0128. The highest BCUT2D eigenvalue weighted by atomic mass is 16.4. The van der Waals surface area contributed by atoms with Gasteiger partial charge in [-0.3, -0.25) is 0 Å². The van der Waals surface area contributed by atoms with Crippen molar-refractivity contribution < 1.29 is 14.3 Å². The van der Waals surface area contributed by atoms with Gasteiger partial charge in [0, 0.05) is 11.3 Å². The first-order chi connectivity index (χ1) is 10.2. The average molecular weight is 279 g/mol. The van der Waals surface area contributed by atoms with Crippen molar-refractivity contribution in [3.63, 3.8) is 0 Å². The second-order valence-electron chi connectivity index (χ2n) is 5.40. The predicted molar refractivity (Wildman–Crippen MR) is 77.5 cm³/mol. The Bertz CT molecular complexity index is 822. The fourth-order valence-electron chi connectivity index (χ4n) is 2.82. The van der Waals surface area contributed by atoms with Crippen LogP contribution in [0, 0.1) is 0 Å². The van der Waals surface area contributed by atoms with Gasteiger partial charge in [0.15, 0.2) is 5.69 Å². The molecule has 2 heterocycles. The Morgan fingerprint density at radius 2 is 1.95 bits per heavy atom. The quantitative estimate of drug-likeness (QED) is 0.792. The Labute approximate surface area is 121 Å². The number of hydrogen-bond donors (Lipinski definition) is 1. The van der Waals surface area contributed by atoms with E-state index in [4.69, 9.17) is 9.52 Å². The number of hydrogen-bond acceptors (Lipinski definition) is 3. The number of carbonyl (C=O) groups is 1. The first kappa shape index (κ1) is 12.1. The molecule has 0 unspecified atom stereocenters. The van der Waals surface area contributed by atoms with Gasteiger partial charge in [0.2, 0.25) is 5.71 Å². The van der Waals surface area contributed by atoms with Gasteiger partial charge in [-0.15, -0.1) is 0 Å². The fraction of sp³-hybridized carbons (Fsp3) is 0.176. The smallest absolute Gasteiger partial charge is 0.354 e. The van der Waals surface area contributed by atoms with Crippen molar-refractivity contribution in [3.05, 3.63) is 65.5 Å². The van der Waals surface area contributed by atoms with E-state index in [2.05, 4.69) is 17.1 Å². The van der Waals surface area contributed by atoms with Gasteiger partial charge < -0.3 is 9.52 Å². The maximum Gasteiger partial charge on any atom is 0.354 e. The van der Waals surface area contributed by atoms with E-state index in [9.17, 15) is 4.79 Å². The number of fused-ring (bicyclic) bond motifs is 1. The summed E-state index contributed by atoms with van der Waals surface area (Å²) in [5.41, 5.74) is 1.74. The topological polar surface area (TPSA) is 63.3 Å². The van der Waals surface area contributed by atoms with E-state index < -0.39 is 5.97 Å². The fourth-order valence-corrected chi connectivity index (χ4v) is 2.82. The van der Waals surface area contributed by atoms with E-state index in [0.29, 0.717) is 17.5 Å². The van der Waals surface area contributed by atoms with Crippen LogP contribution in [0.15, 0.2) is 52.9 Å². The van der Waals surface area contributed by atoms with Crippen molar-refractivity contribution in [3.8, 4) is 0 Å². The maximum absolute atomic E-state index is 10.9. The number of benzene rings is 1. The highest BCUT2D eigenvalue weighted by Crippen LogP contribution is 2.55. The molecule has 4 nitrogen and oxygen atoms in total. The zero-order valence-corrected chi connectivity index (χ0v) is 11.2. The van der Waals surface area contributed by atoms with Crippen LogP contribution in [0.2, 0.25) is 0 Å². The molecule has 2 aromatic heterocycles. The van der Waals surface area contributed by atoms with Gasteiger partial charge in [0.25, 0.3) is 0 Å². The molecule has 0 spiro atoms. The zero-order valence-electron chi connectivity index (χ0n) is 11.2. The number of furan rings is 1. The van der Waals surface area contributed by atoms with Crippen LogP contribution < -0.4 is 0 Å². The molecule has 0 amide bonds.